The van der Waals surface area contributed by atoms with Gasteiger partial charge in [-0.25, -0.2) is 4.39 Å². The molecule has 16 heavy (non-hydrogen) atoms. The summed E-state index contributed by atoms with van der Waals surface area (Å²) >= 11 is 0. The first kappa shape index (κ1) is 12.4. The minimum atomic E-state index is -0.660. The number of rotatable bonds is 4. The van der Waals surface area contributed by atoms with Crippen LogP contribution in [0.15, 0.2) is 18.2 Å². The van der Waals surface area contributed by atoms with Gasteiger partial charge in [0.15, 0.2) is 5.78 Å². The molecule has 1 aromatic carbocycles. The van der Waals surface area contributed by atoms with Crippen molar-refractivity contribution in [3.8, 4) is 6.07 Å². The lowest BCUT2D eigenvalue weighted by Crippen LogP contribution is -2.13. The number of benzene rings is 1. The molecule has 0 aliphatic carbocycles. The van der Waals surface area contributed by atoms with Crippen molar-refractivity contribution in [2.24, 2.45) is 5.92 Å². The SMILES string of the molecule is CCCC(C#N)C(=O)c1ccc(C)c(F)c1. The molecule has 0 radical (unpaired) electrons. The standard InChI is InChI=1S/C13H14FNO/c1-3-4-11(8-15)13(16)10-6-5-9(2)12(14)7-10/h5-7,11H,3-4H2,1-2H3. The Labute approximate surface area is 94.7 Å². The van der Waals surface area contributed by atoms with E-state index in [4.69, 9.17) is 5.26 Å². The summed E-state index contributed by atoms with van der Waals surface area (Å²) in [6.07, 6.45) is 1.28. The topological polar surface area (TPSA) is 40.9 Å². The van der Waals surface area contributed by atoms with Crippen molar-refractivity contribution in [2.75, 3.05) is 0 Å². The normalized spacial score (nSPS) is 11.9. The first-order valence-electron chi connectivity index (χ1n) is 5.30. The Bertz CT molecular complexity index is 434. The number of Topliss-reactive ketones (excluding diaryl/α,β-unsaturated/α-hetero) is 1. The van der Waals surface area contributed by atoms with E-state index >= 15 is 0 Å². The highest BCUT2D eigenvalue weighted by molar-refractivity contribution is 5.99. The predicted molar refractivity (Wildman–Crippen MR) is 59.5 cm³/mol. The van der Waals surface area contributed by atoms with Gasteiger partial charge in [-0.3, -0.25) is 4.79 Å². The number of hydrogen-bond donors (Lipinski definition) is 0. The van der Waals surface area contributed by atoms with Crippen molar-refractivity contribution < 1.29 is 9.18 Å². The van der Waals surface area contributed by atoms with Crippen LogP contribution < -0.4 is 0 Å². The second-order valence-corrected chi connectivity index (χ2v) is 3.80. The summed E-state index contributed by atoms with van der Waals surface area (Å²) in [4.78, 5) is 11.8. The van der Waals surface area contributed by atoms with Crippen LogP contribution in [0.2, 0.25) is 0 Å². The van der Waals surface area contributed by atoms with Crippen molar-refractivity contribution in [1.29, 1.82) is 5.26 Å². The van der Waals surface area contributed by atoms with E-state index in [1.54, 1.807) is 19.1 Å². The second kappa shape index (κ2) is 5.41. The molecule has 84 valence electrons. The van der Waals surface area contributed by atoms with Crippen LogP contribution in [0.25, 0.3) is 0 Å². The van der Waals surface area contributed by atoms with Gasteiger partial charge in [0.05, 0.1) is 6.07 Å². The minimum Gasteiger partial charge on any atom is -0.293 e. The third-order valence-electron chi connectivity index (χ3n) is 2.51. The zero-order chi connectivity index (χ0) is 12.1. The van der Waals surface area contributed by atoms with Gasteiger partial charge in [0.25, 0.3) is 0 Å². The van der Waals surface area contributed by atoms with Gasteiger partial charge < -0.3 is 0 Å². The molecule has 0 saturated carbocycles. The molecule has 1 atom stereocenters. The molecular formula is C13H14FNO. The maximum absolute atomic E-state index is 13.3. The smallest absolute Gasteiger partial charge is 0.180 e. The third kappa shape index (κ3) is 2.66. The van der Waals surface area contributed by atoms with Gasteiger partial charge in [-0.15, -0.1) is 0 Å². The van der Waals surface area contributed by atoms with E-state index in [0.29, 0.717) is 12.0 Å². The number of aryl methyl sites for hydroxylation is 1. The Morgan fingerprint density at radius 2 is 2.25 bits per heavy atom. The van der Waals surface area contributed by atoms with Gasteiger partial charge in [0.2, 0.25) is 0 Å². The van der Waals surface area contributed by atoms with Crippen LogP contribution in [0.1, 0.15) is 35.7 Å². The summed E-state index contributed by atoms with van der Waals surface area (Å²) in [5.74, 6) is -1.35. The van der Waals surface area contributed by atoms with E-state index in [9.17, 15) is 9.18 Å². The molecule has 3 heteroatoms. The van der Waals surface area contributed by atoms with E-state index in [0.717, 1.165) is 6.42 Å². The monoisotopic (exact) mass is 219 g/mol. The first-order valence-corrected chi connectivity index (χ1v) is 5.30. The van der Waals surface area contributed by atoms with Crippen LogP contribution in [0.5, 0.6) is 0 Å². The molecular weight excluding hydrogens is 205 g/mol. The highest BCUT2D eigenvalue weighted by Crippen LogP contribution is 2.16. The molecule has 0 fully saturated rings. The molecule has 0 aromatic heterocycles. The van der Waals surface area contributed by atoms with E-state index in [1.165, 1.54) is 6.07 Å². The van der Waals surface area contributed by atoms with Gasteiger partial charge >= 0.3 is 0 Å². The Hall–Kier alpha value is -1.69. The van der Waals surface area contributed by atoms with Crippen molar-refractivity contribution in [3.05, 3.63) is 35.1 Å². The fraction of sp³-hybridized carbons (Fsp3) is 0.385. The Balaban J connectivity index is 2.96. The van der Waals surface area contributed by atoms with Crippen LogP contribution in [-0.4, -0.2) is 5.78 Å². The van der Waals surface area contributed by atoms with Crippen molar-refractivity contribution in [2.45, 2.75) is 26.7 Å². The molecule has 0 aliphatic heterocycles. The summed E-state index contributed by atoms with van der Waals surface area (Å²) in [6.45, 7) is 3.55. The van der Waals surface area contributed by atoms with Crippen LogP contribution in [-0.2, 0) is 0 Å². The molecule has 0 heterocycles. The highest BCUT2D eigenvalue weighted by atomic mass is 19.1. The highest BCUT2D eigenvalue weighted by Gasteiger charge is 2.19. The summed E-state index contributed by atoms with van der Waals surface area (Å²) < 4.78 is 13.3. The van der Waals surface area contributed by atoms with Crippen LogP contribution in [0.4, 0.5) is 4.39 Å². The molecule has 0 amide bonds. The van der Waals surface area contributed by atoms with E-state index in [2.05, 4.69) is 0 Å². The Morgan fingerprint density at radius 1 is 1.56 bits per heavy atom. The lowest BCUT2D eigenvalue weighted by molar-refractivity contribution is 0.0943. The van der Waals surface area contributed by atoms with Crippen molar-refractivity contribution in [3.63, 3.8) is 0 Å². The molecule has 0 saturated heterocycles. The summed E-state index contributed by atoms with van der Waals surface area (Å²) in [5, 5.41) is 8.85. The number of ketones is 1. The fourth-order valence-electron chi connectivity index (χ4n) is 1.49. The molecule has 2 nitrogen and oxygen atoms in total. The van der Waals surface area contributed by atoms with Gasteiger partial charge in [-0.1, -0.05) is 25.5 Å². The fourth-order valence-corrected chi connectivity index (χ4v) is 1.49. The predicted octanol–water partition coefficient (Wildman–Crippen LogP) is 3.26. The molecule has 1 rings (SSSR count). The largest absolute Gasteiger partial charge is 0.293 e. The minimum absolute atomic E-state index is 0.281. The van der Waals surface area contributed by atoms with E-state index < -0.39 is 11.7 Å². The molecule has 1 unspecified atom stereocenters. The number of nitrogens with zero attached hydrogens (tertiary/aromatic N) is 1. The molecule has 0 spiro atoms. The zero-order valence-corrected chi connectivity index (χ0v) is 9.46. The van der Waals surface area contributed by atoms with Gasteiger partial charge in [-0.2, -0.15) is 5.26 Å². The molecule has 0 aliphatic rings. The van der Waals surface area contributed by atoms with E-state index in [-0.39, 0.29) is 11.3 Å². The molecule has 1 aromatic rings. The number of halogens is 1. The van der Waals surface area contributed by atoms with Gasteiger partial charge in [-0.05, 0) is 25.0 Å². The third-order valence-corrected chi connectivity index (χ3v) is 2.51. The Morgan fingerprint density at radius 3 is 2.75 bits per heavy atom. The van der Waals surface area contributed by atoms with Crippen LogP contribution >= 0.6 is 0 Å². The number of carbonyl (C=O) groups is 1. The summed E-state index contributed by atoms with van der Waals surface area (Å²) in [5.41, 5.74) is 0.781. The maximum atomic E-state index is 13.3. The maximum Gasteiger partial charge on any atom is 0.180 e. The first-order chi connectivity index (χ1) is 7.60. The number of carbonyl (C=O) groups excluding carboxylic acids is 1. The zero-order valence-electron chi connectivity index (χ0n) is 9.46. The van der Waals surface area contributed by atoms with Crippen LogP contribution in [0.3, 0.4) is 0 Å². The number of hydrogen-bond acceptors (Lipinski definition) is 2. The van der Waals surface area contributed by atoms with Gasteiger partial charge in [0, 0.05) is 5.56 Å². The van der Waals surface area contributed by atoms with E-state index in [1.807, 2.05) is 13.0 Å². The summed E-state index contributed by atoms with van der Waals surface area (Å²) in [6, 6.07) is 6.30. The summed E-state index contributed by atoms with van der Waals surface area (Å²) in [7, 11) is 0. The van der Waals surface area contributed by atoms with Crippen molar-refractivity contribution >= 4 is 5.78 Å². The number of nitriles is 1. The Kier molecular flexibility index (Phi) is 4.19. The van der Waals surface area contributed by atoms with Crippen molar-refractivity contribution in [1.82, 2.24) is 0 Å². The lowest BCUT2D eigenvalue weighted by atomic mass is 9.94. The second-order valence-electron chi connectivity index (χ2n) is 3.80. The van der Waals surface area contributed by atoms with Gasteiger partial charge in [0.1, 0.15) is 11.7 Å². The average molecular weight is 219 g/mol. The molecule has 0 bridgehead atoms. The molecule has 0 N–H and O–H groups in total. The average Bonchev–Trinajstić information content (AvgIpc) is 2.28. The van der Waals surface area contributed by atoms with Crippen LogP contribution in [0, 0.1) is 30.0 Å². The quantitative estimate of drug-likeness (QED) is 0.729. The lowest BCUT2D eigenvalue weighted by Gasteiger charge is -2.07.